The van der Waals surface area contributed by atoms with E-state index in [0.29, 0.717) is 19.8 Å². The van der Waals surface area contributed by atoms with Gasteiger partial charge in [0.1, 0.15) is 0 Å². The fourth-order valence-electron chi connectivity index (χ4n) is 3.04. The molecule has 2 aliphatic rings. The van der Waals surface area contributed by atoms with Crippen molar-refractivity contribution in [1.82, 2.24) is 0 Å². The number of nitrogens with zero attached hydrogens (tertiary/aromatic N) is 1. The topological polar surface area (TPSA) is 38.8 Å². The van der Waals surface area contributed by atoms with Crippen molar-refractivity contribution in [3.63, 3.8) is 0 Å². The van der Waals surface area contributed by atoms with Crippen LogP contribution in [0.5, 0.6) is 0 Å². The lowest BCUT2D eigenvalue weighted by Gasteiger charge is -2.33. The molecule has 0 saturated carbocycles. The Morgan fingerprint density at radius 2 is 1.90 bits per heavy atom. The summed E-state index contributed by atoms with van der Waals surface area (Å²) in [6.45, 7) is 5.76. The molecule has 1 saturated heterocycles. The number of carbonyl (C=O) groups excluding carboxylic acids is 1. The Morgan fingerprint density at radius 1 is 1.25 bits per heavy atom. The fourth-order valence-corrected chi connectivity index (χ4v) is 3.40. The number of aryl methyl sites for hydroxylation is 2. The number of anilines is 1. The van der Waals surface area contributed by atoms with Gasteiger partial charge in [0.25, 0.3) is 11.7 Å². The number of ether oxygens (including phenoxy) is 2. The second-order valence-corrected chi connectivity index (χ2v) is 6.03. The molecule has 5 heteroatoms. The molecule has 4 nitrogen and oxygen atoms in total. The first kappa shape index (κ1) is 14.0. The zero-order valence-corrected chi connectivity index (χ0v) is 13.3. The normalized spacial score (nSPS) is 20.6. The van der Waals surface area contributed by atoms with Gasteiger partial charge in [-0.25, -0.2) is 0 Å². The number of benzene rings is 1. The van der Waals surface area contributed by atoms with E-state index in [4.69, 9.17) is 9.47 Å². The van der Waals surface area contributed by atoms with Crippen LogP contribution in [0.25, 0.3) is 0 Å². The van der Waals surface area contributed by atoms with Crippen molar-refractivity contribution in [3.8, 4) is 0 Å². The van der Waals surface area contributed by atoms with Gasteiger partial charge in [-0.2, -0.15) is 0 Å². The van der Waals surface area contributed by atoms with Crippen LogP contribution < -0.4 is 4.90 Å². The summed E-state index contributed by atoms with van der Waals surface area (Å²) < 4.78 is 11.7. The molecule has 1 aromatic carbocycles. The Balaban J connectivity index is 2.21. The van der Waals surface area contributed by atoms with Crippen LogP contribution >= 0.6 is 15.9 Å². The van der Waals surface area contributed by atoms with Gasteiger partial charge in [-0.1, -0.05) is 28.1 Å². The molecule has 0 N–H and O–H groups in total. The molecule has 1 amide bonds. The maximum absolute atomic E-state index is 12.9. The van der Waals surface area contributed by atoms with Crippen LogP contribution in [-0.4, -0.2) is 31.0 Å². The summed E-state index contributed by atoms with van der Waals surface area (Å²) in [7, 11) is 0. The summed E-state index contributed by atoms with van der Waals surface area (Å²) in [5.74, 6) is -1.31. The average molecular weight is 340 g/mol. The number of amides is 1. The Labute approximate surface area is 127 Å². The van der Waals surface area contributed by atoms with E-state index in [9.17, 15) is 4.79 Å². The summed E-state index contributed by atoms with van der Waals surface area (Å²) in [6, 6.07) is 4.08. The summed E-state index contributed by atoms with van der Waals surface area (Å²) in [5.41, 5.74) is 3.96. The van der Waals surface area contributed by atoms with Crippen LogP contribution in [0.15, 0.2) is 12.1 Å². The monoisotopic (exact) mass is 339 g/mol. The molecule has 108 valence electrons. The van der Waals surface area contributed by atoms with E-state index >= 15 is 0 Å². The molecule has 0 aromatic heterocycles. The maximum atomic E-state index is 12.9. The van der Waals surface area contributed by atoms with Crippen molar-refractivity contribution in [2.24, 2.45) is 0 Å². The number of rotatable bonds is 2. The van der Waals surface area contributed by atoms with Crippen molar-refractivity contribution < 1.29 is 14.3 Å². The lowest BCUT2D eigenvalue weighted by atomic mass is 9.97. The smallest absolute Gasteiger partial charge is 0.292 e. The molecule has 3 rings (SSSR count). The molecule has 1 aromatic rings. The lowest BCUT2D eigenvalue weighted by Crippen LogP contribution is -2.47. The third kappa shape index (κ3) is 1.84. The van der Waals surface area contributed by atoms with E-state index in [1.54, 1.807) is 4.90 Å². The third-order valence-electron chi connectivity index (χ3n) is 3.92. The summed E-state index contributed by atoms with van der Waals surface area (Å²) >= 11 is 3.42. The third-order valence-corrected chi connectivity index (χ3v) is 4.28. The first-order chi connectivity index (χ1) is 9.62. The highest BCUT2D eigenvalue weighted by molar-refractivity contribution is 9.09. The molecule has 1 fully saturated rings. The summed E-state index contributed by atoms with van der Waals surface area (Å²) in [5, 5.41) is 0.724. The van der Waals surface area contributed by atoms with Gasteiger partial charge in [0.15, 0.2) is 0 Å². The summed E-state index contributed by atoms with van der Waals surface area (Å²) in [6.07, 6.45) is 0.827. The molecule has 0 unspecified atom stereocenters. The van der Waals surface area contributed by atoms with Crippen molar-refractivity contribution in [1.29, 1.82) is 0 Å². The second-order valence-electron chi connectivity index (χ2n) is 5.24. The first-order valence-electron chi connectivity index (χ1n) is 6.88. The van der Waals surface area contributed by atoms with Gasteiger partial charge >= 0.3 is 0 Å². The van der Waals surface area contributed by atoms with Crippen LogP contribution in [0.3, 0.4) is 0 Å². The van der Waals surface area contributed by atoms with Gasteiger partial charge in [-0.3, -0.25) is 4.79 Å². The van der Waals surface area contributed by atoms with Crippen molar-refractivity contribution in [2.75, 3.05) is 30.0 Å². The highest BCUT2D eigenvalue weighted by atomic mass is 79.9. The number of hydrogen-bond acceptors (Lipinski definition) is 3. The lowest BCUT2D eigenvalue weighted by molar-refractivity contribution is -0.257. The highest BCUT2D eigenvalue weighted by Gasteiger charge is 2.55. The number of halogens is 1. The van der Waals surface area contributed by atoms with E-state index in [1.807, 2.05) is 26.0 Å². The average Bonchev–Trinajstić information content (AvgIpc) is 2.68. The van der Waals surface area contributed by atoms with Gasteiger partial charge in [0.05, 0.1) is 18.9 Å². The SMILES string of the molecule is Cc1ccc(C)c2c1N(CCBr)C(=O)C21OCCCO1. The number of fused-ring (bicyclic) bond motifs is 2. The molecule has 1 spiro atoms. The Hall–Kier alpha value is -0.910. The molecule has 0 aliphatic carbocycles. The minimum atomic E-state index is -1.22. The number of hydrogen-bond donors (Lipinski definition) is 0. The van der Waals surface area contributed by atoms with E-state index < -0.39 is 5.79 Å². The Kier molecular flexibility index (Phi) is 3.60. The predicted molar refractivity (Wildman–Crippen MR) is 80.3 cm³/mol. The molecule has 0 atom stereocenters. The van der Waals surface area contributed by atoms with Crippen LogP contribution in [-0.2, 0) is 20.1 Å². The van der Waals surface area contributed by atoms with Crippen molar-refractivity contribution >= 4 is 27.5 Å². The Bertz CT molecular complexity index is 552. The van der Waals surface area contributed by atoms with Gasteiger partial charge < -0.3 is 14.4 Å². The molecule has 0 radical (unpaired) electrons. The first-order valence-corrected chi connectivity index (χ1v) is 8.00. The van der Waals surface area contributed by atoms with E-state index in [1.165, 1.54) is 0 Å². The molecule has 2 aliphatic heterocycles. The van der Waals surface area contributed by atoms with Crippen LogP contribution in [0.2, 0.25) is 0 Å². The van der Waals surface area contributed by atoms with Crippen molar-refractivity contribution in [3.05, 3.63) is 28.8 Å². The second kappa shape index (κ2) is 5.13. The van der Waals surface area contributed by atoms with E-state index in [0.717, 1.165) is 34.1 Å². The quantitative estimate of drug-likeness (QED) is 0.777. The zero-order valence-electron chi connectivity index (χ0n) is 11.7. The standard InChI is InChI=1S/C15H18BrNO3/c1-10-4-5-11(2)13-12(10)15(19-8-3-9-20-15)14(18)17(13)7-6-16/h4-5H,3,6-9H2,1-2H3. The minimum absolute atomic E-state index is 0.0935. The molecule has 2 heterocycles. The fraction of sp³-hybridized carbons (Fsp3) is 0.533. The highest BCUT2D eigenvalue weighted by Crippen LogP contribution is 2.48. The molecular weight excluding hydrogens is 322 g/mol. The van der Waals surface area contributed by atoms with Gasteiger partial charge in [-0.05, 0) is 31.4 Å². The largest absolute Gasteiger partial charge is 0.338 e. The Morgan fingerprint density at radius 3 is 2.55 bits per heavy atom. The maximum Gasteiger partial charge on any atom is 0.292 e. The molecular formula is C15H18BrNO3. The molecule has 0 bridgehead atoms. The van der Waals surface area contributed by atoms with E-state index in [2.05, 4.69) is 15.9 Å². The minimum Gasteiger partial charge on any atom is -0.338 e. The van der Waals surface area contributed by atoms with Crippen molar-refractivity contribution in [2.45, 2.75) is 26.1 Å². The van der Waals surface area contributed by atoms with Crippen LogP contribution in [0, 0.1) is 13.8 Å². The van der Waals surface area contributed by atoms with E-state index in [-0.39, 0.29) is 5.91 Å². The van der Waals surface area contributed by atoms with Crippen LogP contribution in [0.1, 0.15) is 23.1 Å². The van der Waals surface area contributed by atoms with Gasteiger partial charge in [0.2, 0.25) is 0 Å². The van der Waals surface area contributed by atoms with Gasteiger partial charge in [-0.15, -0.1) is 0 Å². The summed E-state index contributed by atoms with van der Waals surface area (Å²) in [4.78, 5) is 14.7. The predicted octanol–water partition coefficient (Wildman–Crippen LogP) is 2.63. The molecule has 20 heavy (non-hydrogen) atoms. The number of carbonyl (C=O) groups is 1. The van der Waals surface area contributed by atoms with Crippen LogP contribution in [0.4, 0.5) is 5.69 Å². The number of alkyl halides is 1. The van der Waals surface area contributed by atoms with Gasteiger partial charge in [0, 0.05) is 17.4 Å². The zero-order chi connectivity index (χ0) is 14.3.